The summed E-state index contributed by atoms with van der Waals surface area (Å²) in [4.78, 5) is -2.00. The van der Waals surface area contributed by atoms with Crippen LogP contribution < -0.4 is 100 Å². The molecule has 0 amide bonds. The van der Waals surface area contributed by atoms with E-state index in [0.29, 0.717) is 22.3 Å². The smallest absolute Gasteiger partial charge is 0.744 e. The molecule has 0 aliphatic rings. The number of benzene rings is 6. The first-order chi connectivity index (χ1) is 24.3. The Balaban J connectivity index is 0.00000271. The van der Waals surface area contributed by atoms with Crippen molar-refractivity contribution < 1.29 is 128 Å². The van der Waals surface area contributed by atoms with E-state index in [1.807, 2.05) is 12.1 Å². The first kappa shape index (κ1) is 46.8. The van der Waals surface area contributed by atoms with Crippen molar-refractivity contribution >= 4 is 86.0 Å². The summed E-state index contributed by atoms with van der Waals surface area (Å²) in [5, 5.41) is 16.9. The molecule has 0 aliphatic carbocycles. The topological polar surface area (TPSA) is 273 Å². The van der Waals surface area contributed by atoms with Gasteiger partial charge in [0.05, 0.1) is 37.4 Å². The summed E-state index contributed by atoms with van der Waals surface area (Å²) in [5.74, 6) is 0. The maximum Gasteiger partial charge on any atom is 1.00 e. The first-order valence-electron chi connectivity index (χ1n) is 14.9. The van der Waals surface area contributed by atoms with Crippen LogP contribution in [0.4, 0.5) is 34.1 Å². The molecule has 21 heteroatoms. The number of azo groups is 2. The molecule has 55 heavy (non-hydrogen) atoms. The molecule has 0 aromatic heterocycles. The number of nitrogens with zero attached hydrogens (tertiary/aromatic N) is 4. The summed E-state index contributed by atoms with van der Waals surface area (Å²) in [7, 11) is -14.9. The molecule has 0 heterocycles. The molecule has 6 rings (SSSR count). The average molecular weight is 827 g/mol. The number of nitrogens with two attached hydrogens (primary N) is 2. The van der Waals surface area contributed by atoms with Gasteiger partial charge in [-0.3, -0.25) is 0 Å². The fourth-order valence-electron chi connectivity index (χ4n) is 5.57. The van der Waals surface area contributed by atoms with Crippen LogP contribution in [0.5, 0.6) is 0 Å². The molecule has 0 atom stereocenters. The second-order valence-corrected chi connectivity index (χ2v) is 15.7. The number of rotatable bonds is 8. The molecule has 4 N–H and O–H groups in total. The van der Waals surface area contributed by atoms with Crippen molar-refractivity contribution in [2.45, 2.75) is 28.5 Å². The average Bonchev–Trinajstić information content (AvgIpc) is 3.07. The number of aryl methyl sites for hydroxylation is 2. The Morgan fingerprint density at radius 2 is 0.855 bits per heavy atom. The number of hydrogen-bond acceptors (Lipinski definition) is 15. The molecule has 0 aliphatic heterocycles. The predicted molar refractivity (Wildman–Crippen MR) is 190 cm³/mol. The Bertz CT molecular complexity index is 2890. The summed E-state index contributed by atoms with van der Waals surface area (Å²) in [6.45, 7) is 3.56. The molecule has 6 aromatic carbocycles. The zero-order valence-electron chi connectivity index (χ0n) is 30.0. The van der Waals surface area contributed by atoms with Gasteiger partial charge >= 0.3 is 88.7 Å². The van der Waals surface area contributed by atoms with E-state index < -0.39 is 45.0 Å². The minimum Gasteiger partial charge on any atom is -0.744 e. The third-order valence-electron chi connectivity index (χ3n) is 8.20. The zero-order valence-corrected chi connectivity index (χ0v) is 38.5. The van der Waals surface area contributed by atoms with Crippen molar-refractivity contribution in [3.05, 3.63) is 102 Å². The second kappa shape index (κ2) is 17.9. The van der Waals surface area contributed by atoms with Crippen LogP contribution in [-0.2, 0) is 30.4 Å². The van der Waals surface area contributed by atoms with Gasteiger partial charge in [0.2, 0.25) is 0 Å². The molecule has 0 bridgehead atoms. The Morgan fingerprint density at radius 1 is 0.455 bits per heavy atom. The van der Waals surface area contributed by atoms with Gasteiger partial charge in [-0.25, -0.2) is 25.3 Å². The molecule has 0 saturated heterocycles. The number of anilines is 2. The zero-order chi connectivity index (χ0) is 37.7. The molecule has 15 nitrogen and oxygen atoms in total. The number of hydrogen-bond donors (Lipinski definition) is 2. The fourth-order valence-corrected chi connectivity index (χ4v) is 7.47. The van der Waals surface area contributed by atoms with Crippen LogP contribution in [-0.4, -0.2) is 38.9 Å². The standard InChI is InChI=1S/C34H28N6O9S3.3Na/c1-18-13-20(7-11-27(18)37-39-29-16-31(51(44,45)46)23-5-3-4-6-24(23)33(29)35)21-8-12-28(19(2)14-21)38-40-30-17-32(52(47,48)49)26-15-22(50(41,42)43)9-10-25(26)34(30)36;;;/h3-17H,35-36H2,1-2H3,(H,41,42,43)(H,44,45,46)(H,47,48,49);;;/q;3*+1/p-3. The SMILES string of the molecule is Cc1cc(-c2ccc(N=Nc3cc(S(=O)(=O)[O-])c4cc(S(=O)(=O)[O-])ccc4c3N)c(C)c2)ccc1N=Nc1cc(S(=O)(=O)[O-])c2ccccc2c1N.[Na+].[Na+].[Na+]. The Labute approximate surface area is 382 Å². The van der Waals surface area contributed by atoms with E-state index in [9.17, 15) is 38.9 Å². The van der Waals surface area contributed by atoms with Crippen LogP contribution in [0.2, 0.25) is 0 Å². The van der Waals surface area contributed by atoms with Gasteiger partial charge in [0.15, 0.2) is 0 Å². The van der Waals surface area contributed by atoms with E-state index in [2.05, 4.69) is 20.5 Å². The summed E-state index contributed by atoms with van der Waals surface area (Å²) >= 11 is 0. The van der Waals surface area contributed by atoms with Gasteiger partial charge in [0.1, 0.15) is 41.7 Å². The Hall–Kier alpha value is -2.63. The van der Waals surface area contributed by atoms with Crippen molar-refractivity contribution in [1.82, 2.24) is 0 Å². The van der Waals surface area contributed by atoms with Crippen molar-refractivity contribution in [2.75, 3.05) is 11.5 Å². The number of nitrogen functional groups attached to an aromatic ring is 2. The molecular weight excluding hydrogens is 802 g/mol. The molecule has 0 saturated carbocycles. The summed E-state index contributed by atoms with van der Waals surface area (Å²) < 4.78 is 107. The monoisotopic (exact) mass is 826 g/mol. The van der Waals surface area contributed by atoms with E-state index in [1.54, 1.807) is 56.3 Å². The van der Waals surface area contributed by atoms with Crippen LogP contribution in [0.1, 0.15) is 11.1 Å². The predicted octanol–water partition coefficient (Wildman–Crippen LogP) is -2.00. The second-order valence-electron chi connectivity index (χ2n) is 11.6. The molecule has 6 aromatic rings. The molecule has 266 valence electrons. The van der Waals surface area contributed by atoms with Gasteiger partial charge in [-0.05, 0) is 84.6 Å². The summed E-state index contributed by atoms with van der Waals surface area (Å²) in [5.41, 5.74) is 16.2. The van der Waals surface area contributed by atoms with Gasteiger partial charge in [0.25, 0.3) is 0 Å². The van der Waals surface area contributed by atoms with Crippen LogP contribution in [0, 0.1) is 13.8 Å². The maximum atomic E-state index is 12.1. The maximum absolute atomic E-state index is 12.1. The van der Waals surface area contributed by atoms with Crippen LogP contribution >= 0.6 is 0 Å². The molecule has 0 radical (unpaired) electrons. The Morgan fingerprint density at radius 3 is 1.27 bits per heavy atom. The van der Waals surface area contributed by atoms with E-state index in [1.165, 1.54) is 6.07 Å². The minimum absolute atomic E-state index is 0. The van der Waals surface area contributed by atoms with Crippen molar-refractivity contribution in [2.24, 2.45) is 20.5 Å². The van der Waals surface area contributed by atoms with Crippen molar-refractivity contribution in [1.29, 1.82) is 0 Å². The van der Waals surface area contributed by atoms with Crippen LogP contribution in [0.3, 0.4) is 0 Å². The minimum atomic E-state index is -5.16. The quantitative estimate of drug-likeness (QED) is 0.0733. The van der Waals surface area contributed by atoms with Crippen LogP contribution in [0.15, 0.2) is 126 Å². The first-order valence-corrected chi connectivity index (χ1v) is 19.2. The van der Waals surface area contributed by atoms with E-state index in [0.717, 1.165) is 47.0 Å². The van der Waals surface area contributed by atoms with Gasteiger partial charge in [0, 0.05) is 21.5 Å². The molecule has 0 spiro atoms. The van der Waals surface area contributed by atoms with Crippen molar-refractivity contribution in [3.8, 4) is 11.1 Å². The fraction of sp³-hybridized carbons (Fsp3) is 0.0588. The molecule has 0 fully saturated rings. The summed E-state index contributed by atoms with van der Waals surface area (Å²) in [6, 6.07) is 21.8. The molecule has 0 unspecified atom stereocenters. The van der Waals surface area contributed by atoms with Gasteiger partial charge in [-0.15, -0.1) is 10.2 Å². The van der Waals surface area contributed by atoms with Gasteiger partial charge in [-0.1, -0.05) is 42.5 Å². The van der Waals surface area contributed by atoms with Crippen molar-refractivity contribution in [3.63, 3.8) is 0 Å². The van der Waals surface area contributed by atoms with E-state index in [4.69, 9.17) is 11.5 Å². The third kappa shape index (κ3) is 10.1. The Kier molecular flexibility index (Phi) is 15.2. The third-order valence-corrected chi connectivity index (χ3v) is 10.8. The molecular formula is C34H25N6Na3O9S3. The largest absolute Gasteiger partial charge is 1.00 e. The van der Waals surface area contributed by atoms with Crippen LogP contribution in [0.25, 0.3) is 32.7 Å². The van der Waals surface area contributed by atoms with Gasteiger partial charge in [-0.2, -0.15) is 10.2 Å². The number of fused-ring (bicyclic) bond motifs is 2. The summed E-state index contributed by atoms with van der Waals surface area (Å²) in [6.07, 6.45) is 0. The normalized spacial score (nSPS) is 12.1. The van der Waals surface area contributed by atoms with Gasteiger partial charge < -0.3 is 25.1 Å². The van der Waals surface area contributed by atoms with E-state index >= 15 is 0 Å². The van der Waals surface area contributed by atoms with E-state index in [-0.39, 0.29) is 128 Å².